The van der Waals surface area contributed by atoms with Crippen LogP contribution in [0.25, 0.3) is 0 Å². The molecule has 1 aromatic rings. The van der Waals surface area contributed by atoms with Gasteiger partial charge in [0, 0.05) is 19.4 Å². The SMILES string of the molecule is CC1CC(=O)N(CCCOc2ccccc2C#N)C(=O)C1. The van der Waals surface area contributed by atoms with Crippen LogP contribution in [-0.4, -0.2) is 29.9 Å². The third-order valence-corrected chi connectivity index (χ3v) is 3.44. The first-order valence-corrected chi connectivity index (χ1v) is 7.07. The van der Waals surface area contributed by atoms with Gasteiger partial charge in [-0.2, -0.15) is 5.26 Å². The largest absolute Gasteiger partial charge is 0.492 e. The van der Waals surface area contributed by atoms with Crippen molar-refractivity contribution >= 4 is 11.8 Å². The maximum atomic E-state index is 11.8. The molecule has 5 nitrogen and oxygen atoms in total. The normalized spacial score (nSPS) is 15.9. The van der Waals surface area contributed by atoms with E-state index in [1.54, 1.807) is 24.3 Å². The van der Waals surface area contributed by atoms with Crippen molar-refractivity contribution < 1.29 is 14.3 Å². The molecule has 0 unspecified atom stereocenters. The molecule has 0 spiro atoms. The number of amides is 2. The molecule has 1 aliphatic heterocycles. The molecule has 2 amide bonds. The summed E-state index contributed by atoms with van der Waals surface area (Å²) in [5, 5.41) is 8.95. The Morgan fingerprint density at radius 3 is 2.62 bits per heavy atom. The maximum Gasteiger partial charge on any atom is 0.229 e. The molecule has 1 fully saturated rings. The first-order valence-electron chi connectivity index (χ1n) is 7.07. The number of piperidine rings is 1. The van der Waals surface area contributed by atoms with Crippen molar-refractivity contribution in [2.24, 2.45) is 5.92 Å². The van der Waals surface area contributed by atoms with Gasteiger partial charge in [0.05, 0.1) is 12.2 Å². The second kappa shape index (κ2) is 6.89. The number of hydrogen-bond donors (Lipinski definition) is 0. The van der Waals surface area contributed by atoms with Crippen LogP contribution in [0.15, 0.2) is 24.3 Å². The minimum atomic E-state index is -0.101. The number of likely N-dealkylation sites (tertiary alicyclic amines) is 1. The molecule has 1 aliphatic rings. The number of carbonyl (C=O) groups is 2. The fraction of sp³-hybridized carbons (Fsp3) is 0.438. The Kier molecular flexibility index (Phi) is 4.94. The molecule has 5 heteroatoms. The predicted molar refractivity (Wildman–Crippen MR) is 76.4 cm³/mol. The molecule has 21 heavy (non-hydrogen) atoms. The first-order chi connectivity index (χ1) is 10.1. The molecule has 0 bridgehead atoms. The summed E-state index contributed by atoms with van der Waals surface area (Å²) in [4.78, 5) is 24.9. The van der Waals surface area contributed by atoms with E-state index in [1.165, 1.54) is 4.90 Å². The molecular weight excluding hydrogens is 268 g/mol. The number of benzene rings is 1. The lowest BCUT2D eigenvalue weighted by Gasteiger charge is -2.28. The van der Waals surface area contributed by atoms with Crippen LogP contribution in [0.4, 0.5) is 0 Å². The van der Waals surface area contributed by atoms with E-state index >= 15 is 0 Å². The van der Waals surface area contributed by atoms with Crippen molar-refractivity contribution in [3.8, 4) is 11.8 Å². The maximum absolute atomic E-state index is 11.8. The number of imide groups is 1. The van der Waals surface area contributed by atoms with Crippen LogP contribution >= 0.6 is 0 Å². The summed E-state index contributed by atoms with van der Waals surface area (Å²) in [7, 11) is 0. The van der Waals surface area contributed by atoms with Crippen LogP contribution in [0, 0.1) is 17.2 Å². The van der Waals surface area contributed by atoms with Crippen LogP contribution < -0.4 is 4.74 Å². The molecule has 0 atom stereocenters. The lowest BCUT2D eigenvalue weighted by atomic mass is 9.98. The van der Waals surface area contributed by atoms with E-state index in [4.69, 9.17) is 10.00 Å². The summed E-state index contributed by atoms with van der Waals surface area (Å²) in [5.41, 5.74) is 0.483. The Labute approximate surface area is 124 Å². The molecule has 1 heterocycles. The van der Waals surface area contributed by atoms with Gasteiger partial charge in [-0.3, -0.25) is 14.5 Å². The van der Waals surface area contributed by atoms with E-state index in [-0.39, 0.29) is 17.7 Å². The summed E-state index contributed by atoms with van der Waals surface area (Å²) in [6.07, 6.45) is 1.43. The summed E-state index contributed by atoms with van der Waals surface area (Å²) in [5.74, 6) is 0.470. The van der Waals surface area contributed by atoms with E-state index in [1.807, 2.05) is 6.92 Å². The van der Waals surface area contributed by atoms with E-state index < -0.39 is 0 Å². The summed E-state index contributed by atoms with van der Waals surface area (Å²) in [6.45, 7) is 2.65. The summed E-state index contributed by atoms with van der Waals surface area (Å²) < 4.78 is 5.54. The zero-order valence-corrected chi connectivity index (χ0v) is 12.0. The van der Waals surface area contributed by atoms with E-state index in [0.29, 0.717) is 43.7 Å². The Morgan fingerprint density at radius 1 is 1.29 bits per heavy atom. The summed E-state index contributed by atoms with van der Waals surface area (Å²) in [6, 6.07) is 9.06. The predicted octanol–water partition coefficient (Wildman–Crippen LogP) is 2.11. The summed E-state index contributed by atoms with van der Waals surface area (Å²) >= 11 is 0. The second-order valence-electron chi connectivity index (χ2n) is 5.26. The van der Waals surface area contributed by atoms with Gasteiger partial charge >= 0.3 is 0 Å². The van der Waals surface area contributed by atoms with Gasteiger partial charge in [-0.05, 0) is 24.5 Å². The fourth-order valence-electron chi connectivity index (χ4n) is 2.37. The average molecular weight is 286 g/mol. The third-order valence-electron chi connectivity index (χ3n) is 3.44. The lowest BCUT2D eigenvalue weighted by molar-refractivity contribution is -0.149. The second-order valence-corrected chi connectivity index (χ2v) is 5.26. The topological polar surface area (TPSA) is 70.4 Å². The van der Waals surface area contributed by atoms with Crippen molar-refractivity contribution in [2.45, 2.75) is 26.2 Å². The van der Waals surface area contributed by atoms with Crippen molar-refractivity contribution in [2.75, 3.05) is 13.2 Å². The van der Waals surface area contributed by atoms with Crippen LogP contribution in [0.3, 0.4) is 0 Å². The molecule has 0 radical (unpaired) electrons. The van der Waals surface area contributed by atoms with Gasteiger partial charge in [0.1, 0.15) is 11.8 Å². The molecule has 1 saturated heterocycles. The average Bonchev–Trinajstić information content (AvgIpc) is 2.45. The van der Waals surface area contributed by atoms with E-state index in [0.717, 1.165) is 0 Å². The highest BCUT2D eigenvalue weighted by Crippen LogP contribution is 2.19. The zero-order chi connectivity index (χ0) is 15.2. The number of nitrogens with zero attached hydrogens (tertiary/aromatic N) is 2. The quantitative estimate of drug-likeness (QED) is 0.614. The van der Waals surface area contributed by atoms with Crippen LogP contribution in [0.5, 0.6) is 5.75 Å². The van der Waals surface area contributed by atoms with Crippen LogP contribution in [0.1, 0.15) is 31.7 Å². The smallest absolute Gasteiger partial charge is 0.229 e. The minimum Gasteiger partial charge on any atom is -0.492 e. The molecule has 1 aromatic carbocycles. The third kappa shape index (κ3) is 3.82. The van der Waals surface area contributed by atoms with Gasteiger partial charge in [-0.15, -0.1) is 0 Å². The minimum absolute atomic E-state index is 0.101. The van der Waals surface area contributed by atoms with Gasteiger partial charge in [0.25, 0.3) is 0 Å². The Balaban J connectivity index is 1.81. The molecule has 110 valence electrons. The number of hydrogen-bond acceptors (Lipinski definition) is 4. The molecule has 0 aromatic heterocycles. The number of para-hydroxylation sites is 1. The number of nitriles is 1. The van der Waals surface area contributed by atoms with Crippen LogP contribution in [-0.2, 0) is 9.59 Å². The number of carbonyl (C=O) groups excluding carboxylic acids is 2. The van der Waals surface area contributed by atoms with Crippen molar-refractivity contribution in [1.29, 1.82) is 5.26 Å². The van der Waals surface area contributed by atoms with Crippen molar-refractivity contribution in [1.82, 2.24) is 4.90 Å². The molecule has 0 aliphatic carbocycles. The van der Waals surface area contributed by atoms with Gasteiger partial charge in [0.15, 0.2) is 0 Å². The van der Waals surface area contributed by atoms with Crippen LogP contribution in [0.2, 0.25) is 0 Å². The molecule has 0 saturated carbocycles. The Morgan fingerprint density at radius 2 is 1.95 bits per heavy atom. The van der Waals surface area contributed by atoms with E-state index in [2.05, 4.69) is 6.07 Å². The zero-order valence-electron chi connectivity index (χ0n) is 12.0. The van der Waals surface area contributed by atoms with Gasteiger partial charge in [-0.25, -0.2) is 0 Å². The highest BCUT2D eigenvalue weighted by molar-refractivity contribution is 5.97. The van der Waals surface area contributed by atoms with Gasteiger partial charge in [-0.1, -0.05) is 19.1 Å². The Hall–Kier alpha value is -2.35. The molecule has 2 rings (SSSR count). The van der Waals surface area contributed by atoms with Crippen molar-refractivity contribution in [3.05, 3.63) is 29.8 Å². The monoisotopic (exact) mass is 286 g/mol. The molecule has 0 N–H and O–H groups in total. The van der Waals surface area contributed by atoms with Gasteiger partial charge < -0.3 is 4.74 Å². The lowest BCUT2D eigenvalue weighted by Crippen LogP contribution is -2.43. The first kappa shape index (κ1) is 15.0. The highest BCUT2D eigenvalue weighted by Gasteiger charge is 2.29. The fourth-order valence-corrected chi connectivity index (χ4v) is 2.37. The van der Waals surface area contributed by atoms with Gasteiger partial charge in [0.2, 0.25) is 11.8 Å². The molecular formula is C16H18N2O3. The van der Waals surface area contributed by atoms with Crippen molar-refractivity contribution in [3.63, 3.8) is 0 Å². The number of rotatable bonds is 5. The Bertz CT molecular complexity index is 559. The number of ether oxygens (including phenoxy) is 1. The standard InChI is InChI=1S/C16H18N2O3/c1-12-9-15(19)18(16(20)10-12)7-4-8-21-14-6-3-2-5-13(14)11-17/h2-3,5-6,12H,4,7-10H2,1H3. The highest BCUT2D eigenvalue weighted by atomic mass is 16.5. The van der Waals surface area contributed by atoms with E-state index in [9.17, 15) is 9.59 Å².